The van der Waals surface area contributed by atoms with Crippen LogP contribution in [0.2, 0.25) is 0 Å². The first-order valence-electron chi connectivity index (χ1n) is 30.7. The molecule has 8 rings (SSSR count). The lowest BCUT2D eigenvalue weighted by atomic mass is 9.75. The fourth-order valence-electron chi connectivity index (χ4n) is 11.6. The second-order valence-electron chi connectivity index (χ2n) is 24.7. The van der Waals surface area contributed by atoms with E-state index in [1.165, 1.54) is 16.7 Å². The van der Waals surface area contributed by atoms with Crippen molar-refractivity contribution in [2.75, 3.05) is 116 Å². The standard InChI is InChI=1S/C69H91N7O10S/c1-50-65-61(47-67(2,3)48-62(65)77)76(73-50)54-28-29-55(66(78)74(8)9)59(46-54)71-33-17-36-83-38-40-85-42-44-86-43-41-84-39-37-82-35-16-32-70-49-51-22-24-52(25-23-51)53(26-30-63-68(4,5)56-18-10-12-20-58(56)72-63)27-31-64-69(6,7)57-19-11-13-21-60(57)75(64)34-14-15-45-87(79,80)81/h10-13,18-31,46,70-71H,14-17,32-45,47-49H2,1-9H3,(H,79,80,81)/b30-26+,53-27-,64-31-. The van der Waals surface area contributed by atoms with Crippen molar-refractivity contribution in [2.45, 2.75) is 104 Å². The third kappa shape index (κ3) is 17.8. The summed E-state index contributed by atoms with van der Waals surface area (Å²) >= 11 is 0. The van der Waals surface area contributed by atoms with Crippen molar-refractivity contribution in [3.05, 3.63) is 166 Å². The summed E-state index contributed by atoms with van der Waals surface area (Å²) in [6.45, 7) is 22.7. The topological polar surface area (TPSA) is 195 Å². The molecule has 1 amide bonds. The van der Waals surface area contributed by atoms with Crippen molar-refractivity contribution in [1.29, 1.82) is 0 Å². The maximum Gasteiger partial charge on any atom is 0.264 e. The first kappa shape index (κ1) is 66.3. The minimum absolute atomic E-state index is 0.103. The van der Waals surface area contributed by atoms with Crippen LogP contribution in [-0.2, 0) is 57.6 Å². The normalized spacial score (nSPS) is 16.4. The average Bonchev–Trinajstić information content (AvgIpc) is 1.96. The molecule has 18 heteroatoms. The first-order chi connectivity index (χ1) is 41.6. The maximum atomic E-state index is 13.1. The Bertz CT molecular complexity index is 3400. The number of nitrogens with one attached hydrogen (secondary N) is 2. The summed E-state index contributed by atoms with van der Waals surface area (Å²) in [5, 5.41) is 11.8. The number of nitrogens with zero attached hydrogens (tertiary/aromatic N) is 5. The zero-order valence-electron chi connectivity index (χ0n) is 52.6. The lowest BCUT2D eigenvalue weighted by Gasteiger charge is -2.29. The number of aryl methyl sites for hydroxylation is 1. The number of carbonyl (C=O) groups is 2. The molecule has 17 nitrogen and oxygen atoms in total. The summed E-state index contributed by atoms with van der Waals surface area (Å²) in [6.07, 6.45) is 12.5. The molecule has 2 aliphatic heterocycles. The highest BCUT2D eigenvalue weighted by Crippen LogP contribution is 2.48. The fraction of sp³-hybridized carbons (Fsp3) is 0.478. The Labute approximate surface area is 516 Å². The van der Waals surface area contributed by atoms with Crippen LogP contribution in [0.3, 0.4) is 0 Å². The molecule has 0 fully saturated rings. The van der Waals surface area contributed by atoms with Gasteiger partial charge in [-0.15, -0.1) is 0 Å². The molecule has 0 unspecified atom stereocenters. The van der Waals surface area contributed by atoms with Crippen molar-refractivity contribution in [1.82, 2.24) is 20.0 Å². The largest absolute Gasteiger partial charge is 0.384 e. The van der Waals surface area contributed by atoms with E-state index in [1.807, 2.05) is 41.9 Å². The SMILES string of the molecule is Cc1nn(-c2ccc(C(=O)N(C)C)c(NCCCOCCOCCOCCOCCOCCCNCc3ccc(C(=C\C=C4/N(CCCCS(=O)(=O)O)c5ccccc5C4(C)C)/C=C/C4=Nc5ccccc5C4(C)C)cc3)c2)c2c1C(=O)CC(C)(C)C2. The van der Waals surface area contributed by atoms with E-state index in [2.05, 4.69) is 142 Å². The van der Waals surface area contributed by atoms with Gasteiger partial charge in [0.25, 0.3) is 16.0 Å². The van der Waals surface area contributed by atoms with Crippen LogP contribution in [0.1, 0.15) is 128 Å². The predicted molar refractivity (Wildman–Crippen MR) is 347 cm³/mol. The van der Waals surface area contributed by atoms with Gasteiger partial charge in [0, 0.05) is 81.3 Å². The number of aliphatic imine (C=N–C) groups is 1. The molecule has 1 aliphatic carbocycles. The second-order valence-corrected chi connectivity index (χ2v) is 26.3. The molecule has 0 saturated heterocycles. The molecule has 3 heterocycles. The van der Waals surface area contributed by atoms with Gasteiger partial charge in [-0.3, -0.25) is 19.1 Å². The lowest BCUT2D eigenvalue weighted by molar-refractivity contribution is -0.0111. The van der Waals surface area contributed by atoms with Crippen molar-refractivity contribution < 1.29 is 46.2 Å². The van der Waals surface area contributed by atoms with Crippen molar-refractivity contribution in [2.24, 2.45) is 10.4 Å². The third-order valence-electron chi connectivity index (χ3n) is 16.3. The van der Waals surface area contributed by atoms with Gasteiger partial charge in [0.05, 0.1) is 98.2 Å². The number of aromatic nitrogens is 2. The monoisotopic (exact) mass is 1210 g/mol. The fourth-order valence-corrected chi connectivity index (χ4v) is 12.2. The van der Waals surface area contributed by atoms with Gasteiger partial charge in [0.1, 0.15) is 0 Å². The number of para-hydroxylation sites is 2. The highest BCUT2D eigenvalue weighted by molar-refractivity contribution is 7.85. The molecule has 468 valence electrons. The van der Waals surface area contributed by atoms with Crippen molar-refractivity contribution >= 4 is 50.2 Å². The number of unbranched alkanes of at least 4 members (excludes halogenated alkanes) is 1. The zero-order valence-corrected chi connectivity index (χ0v) is 53.4. The molecule has 5 aromatic rings. The van der Waals surface area contributed by atoms with Crippen molar-refractivity contribution in [3.63, 3.8) is 0 Å². The quantitative estimate of drug-likeness (QED) is 0.0200. The molecule has 0 bridgehead atoms. The number of rotatable bonds is 34. The van der Waals surface area contributed by atoms with Gasteiger partial charge in [-0.2, -0.15) is 13.5 Å². The van der Waals surface area contributed by atoms with Crippen LogP contribution >= 0.6 is 0 Å². The summed E-state index contributed by atoms with van der Waals surface area (Å²) < 4.78 is 63.0. The molecule has 0 radical (unpaired) electrons. The summed E-state index contributed by atoms with van der Waals surface area (Å²) in [4.78, 5) is 35.1. The van der Waals surface area contributed by atoms with Crippen LogP contribution in [-0.4, -0.2) is 151 Å². The number of hydrogen-bond acceptors (Lipinski definition) is 14. The second kappa shape index (κ2) is 30.5. The Kier molecular flexibility index (Phi) is 23.3. The van der Waals surface area contributed by atoms with Gasteiger partial charge in [0.2, 0.25) is 0 Å². The van der Waals surface area contributed by atoms with E-state index >= 15 is 0 Å². The Hall–Kier alpha value is -6.61. The van der Waals surface area contributed by atoms with Crippen molar-refractivity contribution in [3.8, 4) is 5.69 Å². The molecular formula is C69H91N7O10S. The van der Waals surface area contributed by atoms with Gasteiger partial charge in [-0.25, -0.2) is 4.68 Å². The molecule has 3 aliphatic rings. The van der Waals surface area contributed by atoms with Crippen LogP contribution in [0.15, 0.2) is 126 Å². The van der Waals surface area contributed by atoms with E-state index in [0.29, 0.717) is 110 Å². The average molecular weight is 1210 g/mol. The molecule has 87 heavy (non-hydrogen) atoms. The highest BCUT2D eigenvalue weighted by atomic mass is 32.2. The Morgan fingerprint density at radius 1 is 0.736 bits per heavy atom. The van der Waals surface area contributed by atoms with Crippen LogP contribution in [0.4, 0.5) is 17.1 Å². The zero-order chi connectivity index (χ0) is 62.2. The number of benzene rings is 4. The van der Waals surface area contributed by atoms with Gasteiger partial charge < -0.3 is 44.1 Å². The minimum Gasteiger partial charge on any atom is -0.384 e. The molecule has 0 spiro atoms. The summed E-state index contributed by atoms with van der Waals surface area (Å²) in [5.41, 5.74) is 13.7. The number of ketones is 1. The number of fused-ring (bicyclic) bond motifs is 3. The predicted octanol–water partition coefficient (Wildman–Crippen LogP) is 11.5. The number of anilines is 2. The maximum absolute atomic E-state index is 13.1. The van der Waals surface area contributed by atoms with E-state index in [9.17, 15) is 22.6 Å². The number of ether oxygens (including phenoxy) is 5. The van der Waals surface area contributed by atoms with Gasteiger partial charge in [0.15, 0.2) is 5.78 Å². The molecular weight excluding hydrogens is 1120 g/mol. The number of Topliss-reactive ketones (excluding diaryl/α,β-unsaturated/α-hetero) is 1. The highest BCUT2D eigenvalue weighted by Gasteiger charge is 2.40. The third-order valence-corrected chi connectivity index (χ3v) is 17.1. The smallest absolute Gasteiger partial charge is 0.264 e. The Morgan fingerprint density at radius 3 is 2.00 bits per heavy atom. The minimum atomic E-state index is -4.03. The molecule has 0 atom stereocenters. The van der Waals surface area contributed by atoms with Crippen LogP contribution in [0, 0.1) is 12.3 Å². The van der Waals surface area contributed by atoms with E-state index in [-0.39, 0.29) is 33.7 Å². The van der Waals surface area contributed by atoms with Gasteiger partial charge in [-0.1, -0.05) is 114 Å². The van der Waals surface area contributed by atoms with Crippen LogP contribution < -0.4 is 15.5 Å². The number of amides is 1. The van der Waals surface area contributed by atoms with E-state index in [4.69, 9.17) is 33.8 Å². The van der Waals surface area contributed by atoms with Crippen LogP contribution in [0.5, 0.6) is 0 Å². The first-order valence-corrected chi connectivity index (χ1v) is 32.3. The molecule has 1 aromatic heterocycles. The Balaban J connectivity index is 0.691. The number of allylic oxidation sites excluding steroid dienone is 6. The van der Waals surface area contributed by atoms with E-state index in [1.54, 1.807) is 19.0 Å². The van der Waals surface area contributed by atoms with Crippen LogP contribution in [0.25, 0.3) is 11.3 Å². The summed E-state index contributed by atoms with van der Waals surface area (Å²) in [6, 6.07) is 31.1. The van der Waals surface area contributed by atoms with Gasteiger partial charge in [-0.05, 0) is 121 Å². The Morgan fingerprint density at radius 2 is 1.36 bits per heavy atom. The van der Waals surface area contributed by atoms with E-state index < -0.39 is 10.1 Å². The molecule has 3 N–H and O–H groups in total. The molecule has 0 saturated carbocycles. The number of hydrogen-bond donors (Lipinski definition) is 3. The van der Waals surface area contributed by atoms with Gasteiger partial charge >= 0.3 is 0 Å². The van der Waals surface area contributed by atoms with E-state index in [0.717, 1.165) is 88.9 Å². The summed E-state index contributed by atoms with van der Waals surface area (Å²) in [5.74, 6) is -0.231. The molecule has 4 aromatic carbocycles. The lowest BCUT2D eigenvalue weighted by Crippen LogP contribution is -2.28. The summed E-state index contributed by atoms with van der Waals surface area (Å²) in [7, 11) is -0.555. The number of carbonyl (C=O) groups excluding carboxylic acids is 2.